The van der Waals surface area contributed by atoms with Gasteiger partial charge in [-0.15, -0.1) is 0 Å². The number of halogens is 2. The fourth-order valence-electron chi connectivity index (χ4n) is 1.48. The van der Waals surface area contributed by atoms with Gasteiger partial charge in [-0.1, -0.05) is 22.0 Å². The SMILES string of the molecule is Cc1nn(-c2cccc(Br)c2)c(C)c1F. The normalized spacial score (nSPS) is 10.7. The summed E-state index contributed by atoms with van der Waals surface area (Å²) in [5.74, 6) is -0.241. The van der Waals surface area contributed by atoms with E-state index >= 15 is 0 Å². The maximum absolute atomic E-state index is 13.4. The predicted octanol–water partition coefficient (Wildman–Crippen LogP) is 3.39. The van der Waals surface area contributed by atoms with Crippen molar-refractivity contribution in [2.75, 3.05) is 0 Å². The van der Waals surface area contributed by atoms with Gasteiger partial charge in [-0.05, 0) is 32.0 Å². The summed E-state index contributed by atoms with van der Waals surface area (Å²) in [7, 11) is 0. The molecule has 0 aliphatic rings. The fourth-order valence-corrected chi connectivity index (χ4v) is 1.87. The van der Waals surface area contributed by atoms with E-state index in [-0.39, 0.29) is 5.82 Å². The number of nitrogens with zero attached hydrogens (tertiary/aromatic N) is 2. The molecule has 2 rings (SSSR count). The van der Waals surface area contributed by atoms with Gasteiger partial charge in [0.25, 0.3) is 0 Å². The van der Waals surface area contributed by atoms with E-state index in [1.54, 1.807) is 18.5 Å². The van der Waals surface area contributed by atoms with Gasteiger partial charge in [0.1, 0.15) is 0 Å². The average molecular weight is 269 g/mol. The van der Waals surface area contributed by atoms with E-state index in [1.165, 1.54) is 0 Å². The zero-order chi connectivity index (χ0) is 11.0. The van der Waals surface area contributed by atoms with Crippen LogP contribution in [0.1, 0.15) is 11.4 Å². The smallest absolute Gasteiger partial charge is 0.167 e. The lowest BCUT2D eigenvalue weighted by molar-refractivity contribution is 0.608. The van der Waals surface area contributed by atoms with E-state index < -0.39 is 0 Å². The van der Waals surface area contributed by atoms with Gasteiger partial charge in [0.2, 0.25) is 0 Å². The first-order valence-corrected chi connectivity index (χ1v) is 5.36. The van der Waals surface area contributed by atoms with Gasteiger partial charge in [0.15, 0.2) is 5.82 Å². The Morgan fingerprint density at radius 1 is 1.33 bits per heavy atom. The minimum Gasteiger partial charge on any atom is -0.235 e. The van der Waals surface area contributed by atoms with Crippen molar-refractivity contribution >= 4 is 15.9 Å². The van der Waals surface area contributed by atoms with Gasteiger partial charge in [0.05, 0.1) is 17.1 Å². The van der Waals surface area contributed by atoms with E-state index in [9.17, 15) is 4.39 Å². The largest absolute Gasteiger partial charge is 0.235 e. The summed E-state index contributed by atoms with van der Waals surface area (Å²) in [6.45, 7) is 3.38. The standard InChI is InChI=1S/C11H10BrFN2/c1-7-11(13)8(2)15(14-7)10-5-3-4-9(12)6-10/h3-6H,1-2H3. The molecule has 1 heterocycles. The van der Waals surface area contributed by atoms with Crippen molar-refractivity contribution < 1.29 is 4.39 Å². The summed E-state index contributed by atoms with van der Waals surface area (Å²) in [4.78, 5) is 0. The van der Waals surface area contributed by atoms with Crippen LogP contribution in [0.25, 0.3) is 5.69 Å². The summed E-state index contributed by atoms with van der Waals surface area (Å²) < 4.78 is 16.0. The molecule has 0 fully saturated rings. The molecule has 1 aromatic heterocycles. The molecule has 0 saturated heterocycles. The van der Waals surface area contributed by atoms with Crippen molar-refractivity contribution in [3.8, 4) is 5.69 Å². The number of aromatic nitrogens is 2. The van der Waals surface area contributed by atoms with Crippen LogP contribution in [-0.2, 0) is 0 Å². The highest BCUT2D eigenvalue weighted by atomic mass is 79.9. The summed E-state index contributed by atoms with van der Waals surface area (Å²) in [5.41, 5.74) is 1.81. The molecule has 0 radical (unpaired) electrons. The number of rotatable bonds is 1. The number of hydrogen-bond donors (Lipinski definition) is 0. The Bertz CT molecular complexity index is 505. The van der Waals surface area contributed by atoms with E-state index in [0.29, 0.717) is 11.4 Å². The lowest BCUT2D eigenvalue weighted by Gasteiger charge is -2.03. The molecule has 0 N–H and O–H groups in total. The molecule has 4 heteroatoms. The number of aryl methyl sites for hydroxylation is 1. The van der Waals surface area contributed by atoms with Gasteiger partial charge in [-0.2, -0.15) is 5.10 Å². The van der Waals surface area contributed by atoms with Crippen LogP contribution in [0.3, 0.4) is 0 Å². The van der Waals surface area contributed by atoms with Crippen LogP contribution in [0.5, 0.6) is 0 Å². The third-order valence-corrected chi connectivity index (χ3v) is 2.75. The van der Waals surface area contributed by atoms with Gasteiger partial charge >= 0.3 is 0 Å². The molecule has 2 aromatic rings. The van der Waals surface area contributed by atoms with Crippen LogP contribution in [0.2, 0.25) is 0 Å². The van der Waals surface area contributed by atoms with E-state index in [4.69, 9.17) is 0 Å². The van der Waals surface area contributed by atoms with Crippen molar-refractivity contribution in [2.24, 2.45) is 0 Å². The highest BCUT2D eigenvalue weighted by Gasteiger charge is 2.11. The second kappa shape index (κ2) is 3.77. The molecule has 0 bridgehead atoms. The molecule has 2 nitrogen and oxygen atoms in total. The molecule has 0 saturated carbocycles. The average Bonchev–Trinajstić information content (AvgIpc) is 2.46. The topological polar surface area (TPSA) is 17.8 Å². The van der Waals surface area contributed by atoms with Crippen molar-refractivity contribution in [1.29, 1.82) is 0 Å². The van der Waals surface area contributed by atoms with Crippen LogP contribution in [0.15, 0.2) is 28.7 Å². The lowest BCUT2D eigenvalue weighted by atomic mass is 10.3. The summed E-state index contributed by atoms with van der Waals surface area (Å²) in [6.07, 6.45) is 0. The Morgan fingerprint density at radius 2 is 2.07 bits per heavy atom. The van der Waals surface area contributed by atoms with Crippen LogP contribution in [-0.4, -0.2) is 9.78 Å². The van der Waals surface area contributed by atoms with E-state index in [0.717, 1.165) is 10.2 Å². The zero-order valence-electron chi connectivity index (χ0n) is 8.46. The highest BCUT2D eigenvalue weighted by Crippen LogP contribution is 2.19. The van der Waals surface area contributed by atoms with Gasteiger partial charge < -0.3 is 0 Å². The summed E-state index contributed by atoms with van der Waals surface area (Å²) in [6, 6.07) is 7.61. The molecule has 15 heavy (non-hydrogen) atoms. The van der Waals surface area contributed by atoms with Gasteiger partial charge in [-0.25, -0.2) is 9.07 Å². The van der Waals surface area contributed by atoms with Crippen molar-refractivity contribution in [3.63, 3.8) is 0 Å². The maximum Gasteiger partial charge on any atom is 0.167 e. The minimum atomic E-state index is -0.241. The van der Waals surface area contributed by atoms with E-state index in [1.807, 2.05) is 24.3 Å². The third kappa shape index (κ3) is 1.81. The first kappa shape index (κ1) is 10.4. The minimum absolute atomic E-state index is 0.241. The molecule has 1 aromatic carbocycles. The van der Waals surface area contributed by atoms with Gasteiger partial charge in [0, 0.05) is 4.47 Å². The Labute approximate surface area is 95.9 Å². The van der Waals surface area contributed by atoms with Gasteiger partial charge in [-0.3, -0.25) is 0 Å². The molecule has 78 valence electrons. The molecule has 0 unspecified atom stereocenters. The Morgan fingerprint density at radius 3 is 2.60 bits per heavy atom. The van der Waals surface area contributed by atoms with E-state index in [2.05, 4.69) is 21.0 Å². The van der Waals surface area contributed by atoms with Crippen molar-refractivity contribution in [3.05, 3.63) is 45.9 Å². The zero-order valence-corrected chi connectivity index (χ0v) is 10.0. The monoisotopic (exact) mass is 268 g/mol. The number of benzene rings is 1. The Balaban J connectivity index is 2.59. The second-order valence-corrected chi connectivity index (χ2v) is 4.29. The maximum atomic E-state index is 13.4. The van der Waals surface area contributed by atoms with Crippen LogP contribution >= 0.6 is 15.9 Å². The predicted molar refractivity (Wildman–Crippen MR) is 60.7 cm³/mol. The first-order chi connectivity index (χ1) is 7.09. The Hall–Kier alpha value is -1.16. The molecule has 0 atom stereocenters. The molecule has 0 aliphatic heterocycles. The molecular formula is C11H10BrFN2. The van der Waals surface area contributed by atoms with Crippen LogP contribution < -0.4 is 0 Å². The van der Waals surface area contributed by atoms with Crippen LogP contribution in [0, 0.1) is 19.7 Å². The molecular weight excluding hydrogens is 259 g/mol. The van der Waals surface area contributed by atoms with Crippen LogP contribution in [0.4, 0.5) is 4.39 Å². The van der Waals surface area contributed by atoms with Crippen molar-refractivity contribution in [2.45, 2.75) is 13.8 Å². The van der Waals surface area contributed by atoms with Crippen molar-refractivity contribution in [1.82, 2.24) is 9.78 Å². The quantitative estimate of drug-likeness (QED) is 0.775. The molecule has 0 spiro atoms. The first-order valence-electron chi connectivity index (χ1n) is 4.57. The summed E-state index contributed by atoms with van der Waals surface area (Å²) in [5, 5.41) is 4.14. The lowest BCUT2D eigenvalue weighted by Crippen LogP contribution is -1.98. The Kier molecular flexibility index (Phi) is 2.61. The molecule has 0 aliphatic carbocycles. The number of hydrogen-bond acceptors (Lipinski definition) is 1. The molecule has 0 amide bonds. The summed E-state index contributed by atoms with van der Waals surface area (Å²) >= 11 is 3.37. The second-order valence-electron chi connectivity index (χ2n) is 3.38. The fraction of sp³-hybridized carbons (Fsp3) is 0.182. The third-order valence-electron chi connectivity index (χ3n) is 2.26. The highest BCUT2D eigenvalue weighted by molar-refractivity contribution is 9.10.